The third kappa shape index (κ3) is 6.99. The highest BCUT2D eigenvalue weighted by atomic mass is 35.5. The van der Waals surface area contributed by atoms with Gasteiger partial charge in [-0.15, -0.1) is 0 Å². The minimum atomic E-state index is -1.52. The Bertz CT molecular complexity index is 1060. The number of ketones is 1. The summed E-state index contributed by atoms with van der Waals surface area (Å²) in [5.41, 5.74) is 0.443. The van der Waals surface area contributed by atoms with Crippen LogP contribution in [-0.2, 0) is 9.59 Å². The molecular formula is C24H29Cl2N3O6. The molecule has 0 aliphatic carbocycles. The zero-order valence-corrected chi connectivity index (χ0v) is 21.9. The number of para-hydroxylation sites is 1. The maximum atomic E-state index is 13.2. The van der Waals surface area contributed by atoms with Gasteiger partial charge in [-0.05, 0) is 58.9 Å². The first kappa shape index (κ1) is 28.2. The van der Waals surface area contributed by atoms with Gasteiger partial charge >= 0.3 is 0 Å². The first-order chi connectivity index (χ1) is 16.8. The lowest BCUT2D eigenvalue weighted by Crippen LogP contribution is -2.36. The topological polar surface area (TPSA) is 99.0 Å². The molecule has 35 heavy (non-hydrogen) atoms. The van der Waals surface area contributed by atoms with Crippen LogP contribution in [0.4, 0.5) is 11.4 Å². The summed E-state index contributed by atoms with van der Waals surface area (Å²) in [7, 11) is 0. The van der Waals surface area contributed by atoms with E-state index in [2.05, 4.69) is 10.2 Å². The number of amides is 1. The molecule has 0 aliphatic heterocycles. The molecular weight excluding hydrogens is 497 g/mol. The van der Waals surface area contributed by atoms with Gasteiger partial charge in [0.2, 0.25) is 6.04 Å². The molecule has 2 aromatic rings. The smallest absolute Gasteiger partial charge is 0.276 e. The van der Waals surface area contributed by atoms with Crippen LogP contribution in [0.2, 0.25) is 5.02 Å². The third-order valence-electron chi connectivity index (χ3n) is 4.48. The van der Waals surface area contributed by atoms with Crippen molar-refractivity contribution in [2.24, 2.45) is 10.2 Å². The summed E-state index contributed by atoms with van der Waals surface area (Å²) in [5, 5.41) is 8.28. The lowest BCUT2D eigenvalue weighted by Gasteiger charge is -2.21. The monoisotopic (exact) mass is 525 g/mol. The number of carbonyl (C=O) groups is 2. The van der Waals surface area contributed by atoms with Crippen LogP contribution in [0.5, 0.6) is 23.0 Å². The molecule has 0 spiro atoms. The molecule has 0 heterocycles. The summed E-state index contributed by atoms with van der Waals surface area (Å²) in [6.45, 7) is 9.85. The fourth-order valence-corrected chi connectivity index (χ4v) is 3.52. The highest BCUT2D eigenvalue weighted by Crippen LogP contribution is 2.42. The average Bonchev–Trinajstić information content (AvgIpc) is 2.83. The minimum Gasteiger partial charge on any atom is -0.492 e. The predicted molar refractivity (Wildman–Crippen MR) is 135 cm³/mol. The van der Waals surface area contributed by atoms with E-state index in [0.29, 0.717) is 37.9 Å². The number of hydrogen-bond acceptors (Lipinski definition) is 8. The lowest BCUT2D eigenvalue weighted by molar-refractivity contribution is -0.126. The standard InChI is InChI=1S/C24H29Cl2N3O6/c1-6-32-18-14-13-16(22(20(18)25)34-8-3)27-28-21(15(5)30)24(31)29(26)17-11-10-12-19(33-7-2)23(17)35-9-4/h10-14,21H,6-9H2,1-5H3. The maximum Gasteiger partial charge on any atom is 0.276 e. The van der Waals surface area contributed by atoms with Crippen molar-refractivity contribution in [1.29, 1.82) is 0 Å². The molecule has 0 aromatic heterocycles. The Morgan fingerprint density at radius 1 is 0.886 bits per heavy atom. The van der Waals surface area contributed by atoms with Gasteiger partial charge in [0.1, 0.15) is 22.1 Å². The van der Waals surface area contributed by atoms with Gasteiger partial charge in [0, 0.05) is 11.8 Å². The number of azo groups is 1. The van der Waals surface area contributed by atoms with Gasteiger partial charge in [-0.25, -0.2) is 4.42 Å². The fraction of sp³-hybridized carbons (Fsp3) is 0.417. The molecule has 190 valence electrons. The van der Waals surface area contributed by atoms with E-state index in [9.17, 15) is 9.59 Å². The SMILES string of the molecule is CCOc1ccc(N=NC(C(C)=O)C(=O)N(Cl)c2cccc(OCC)c2OCC)c(OCC)c1Cl. The molecule has 9 nitrogen and oxygen atoms in total. The molecule has 2 rings (SSSR count). The summed E-state index contributed by atoms with van der Waals surface area (Å²) in [6, 6.07) is 6.59. The fourth-order valence-electron chi connectivity index (χ4n) is 3.02. The zero-order valence-electron chi connectivity index (χ0n) is 20.3. The van der Waals surface area contributed by atoms with Crippen molar-refractivity contribution in [3.05, 3.63) is 35.4 Å². The number of Topliss-reactive ketones (excluding diaryl/α,β-unsaturated/α-hetero) is 1. The van der Waals surface area contributed by atoms with Crippen LogP contribution in [0.3, 0.4) is 0 Å². The molecule has 11 heteroatoms. The zero-order chi connectivity index (χ0) is 26.0. The van der Waals surface area contributed by atoms with Crippen LogP contribution in [-0.4, -0.2) is 44.2 Å². The summed E-state index contributed by atoms with van der Waals surface area (Å²) in [4.78, 5) is 25.5. The van der Waals surface area contributed by atoms with E-state index in [1.807, 2.05) is 13.8 Å². The van der Waals surface area contributed by atoms with Crippen LogP contribution >= 0.6 is 23.4 Å². The molecule has 0 saturated carbocycles. The number of nitrogens with zero attached hydrogens (tertiary/aromatic N) is 3. The number of halogens is 2. The van der Waals surface area contributed by atoms with Gasteiger partial charge in [-0.2, -0.15) is 10.2 Å². The Balaban J connectivity index is 2.43. The van der Waals surface area contributed by atoms with Crippen molar-refractivity contribution in [3.63, 3.8) is 0 Å². The molecule has 1 atom stereocenters. The molecule has 1 unspecified atom stereocenters. The lowest BCUT2D eigenvalue weighted by atomic mass is 10.2. The van der Waals surface area contributed by atoms with Crippen LogP contribution in [0.1, 0.15) is 34.6 Å². The van der Waals surface area contributed by atoms with Gasteiger partial charge < -0.3 is 18.9 Å². The predicted octanol–water partition coefficient (Wildman–Crippen LogP) is 6.16. The quantitative estimate of drug-likeness (QED) is 0.176. The van der Waals surface area contributed by atoms with Gasteiger partial charge in [0.25, 0.3) is 5.91 Å². The normalized spacial score (nSPS) is 11.7. The van der Waals surface area contributed by atoms with E-state index >= 15 is 0 Å². The van der Waals surface area contributed by atoms with Crippen molar-refractivity contribution >= 4 is 46.4 Å². The number of hydrogen-bond donors (Lipinski definition) is 0. The van der Waals surface area contributed by atoms with Gasteiger partial charge in [-0.3, -0.25) is 9.59 Å². The van der Waals surface area contributed by atoms with Crippen molar-refractivity contribution < 1.29 is 28.5 Å². The van der Waals surface area contributed by atoms with Crippen LogP contribution in [0.15, 0.2) is 40.6 Å². The van der Waals surface area contributed by atoms with Crippen LogP contribution in [0, 0.1) is 0 Å². The second-order valence-electron chi connectivity index (χ2n) is 6.91. The van der Waals surface area contributed by atoms with Crippen LogP contribution in [0.25, 0.3) is 0 Å². The van der Waals surface area contributed by atoms with E-state index in [0.717, 1.165) is 4.42 Å². The number of benzene rings is 2. The van der Waals surface area contributed by atoms with E-state index in [1.165, 1.54) is 6.92 Å². The van der Waals surface area contributed by atoms with Gasteiger partial charge in [0.05, 0.1) is 26.4 Å². The highest BCUT2D eigenvalue weighted by Gasteiger charge is 2.31. The van der Waals surface area contributed by atoms with E-state index in [4.69, 9.17) is 42.3 Å². The Morgan fingerprint density at radius 3 is 2.09 bits per heavy atom. The summed E-state index contributed by atoms with van der Waals surface area (Å²) < 4.78 is 23.1. The summed E-state index contributed by atoms with van der Waals surface area (Å²) in [6.07, 6.45) is 0. The average molecular weight is 526 g/mol. The molecule has 1 amide bonds. The first-order valence-electron chi connectivity index (χ1n) is 11.2. The number of carbonyl (C=O) groups excluding carboxylic acids is 2. The number of anilines is 1. The Kier molecular flexibility index (Phi) is 11.1. The van der Waals surface area contributed by atoms with E-state index < -0.39 is 17.7 Å². The third-order valence-corrected chi connectivity index (χ3v) is 5.19. The van der Waals surface area contributed by atoms with Crippen molar-refractivity contribution in [3.8, 4) is 23.0 Å². The molecule has 0 N–H and O–H groups in total. The second-order valence-corrected chi connectivity index (χ2v) is 7.63. The van der Waals surface area contributed by atoms with Crippen molar-refractivity contribution in [2.45, 2.75) is 40.7 Å². The Labute approximate surface area is 215 Å². The minimum absolute atomic E-state index is 0.212. The Morgan fingerprint density at radius 2 is 1.49 bits per heavy atom. The highest BCUT2D eigenvalue weighted by molar-refractivity contribution is 6.39. The molecule has 0 radical (unpaired) electrons. The summed E-state index contributed by atoms with van der Waals surface area (Å²) >= 11 is 12.8. The molecule has 0 bridgehead atoms. The largest absolute Gasteiger partial charge is 0.492 e. The number of rotatable bonds is 13. The number of ether oxygens (including phenoxy) is 4. The molecule has 2 aromatic carbocycles. The molecule has 0 aliphatic rings. The van der Waals surface area contributed by atoms with E-state index in [-0.39, 0.29) is 27.9 Å². The first-order valence-corrected chi connectivity index (χ1v) is 11.9. The van der Waals surface area contributed by atoms with Crippen molar-refractivity contribution in [1.82, 2.24) is 0 Å². The molecule has 0 fully saturated rings. The van der Waals surface area contributed by atoms with E-state index in [1.54, 1.807) is 44.2 Å². The summed E-state index contributed by atoms with van der Waals surface area (Å²) in [5.74, 6) is -0.0383. The molecule has 0 saturated heterocycles. The second kappa shape index (κ2) is 13.7. The van der Waals surface area contributed by atoms with Gasteiger partial charge in [0.15, 0.2) is 23.0 Å². The van der Waals surface area contributed by atoms with Crippen molar-refractivity contribution in [2.75, 3.05) is 30.8 Å². The Hall–Kier alpha value is -3.04. The van der Waals surface area contributed by atoms with Crippen LogP contribution < -0.4 is 23.4 Å². The van der Waals surface area contributed by atoms with Gasteiger partial charge in [-0.1, -0.05) is 17.7 Å². The maximum absolute atomic E-state index is 13.2.